The zero-order valence-corrected chi connectivity index (χ0v) is 24.0. The van der Waals surface area contributed by atoms with E-state index in [-0.39, 0.29) is 22.9 Å². The van der Waals surface area contributed by atoms with Crippen LogP contribution in [0.5, 0.6) is 0 Å². The molecular weight excluding hydrogens is 538 g/mol. The van der Waals surface area contributed by atoms with Gasteiger partial charge in [0.2, 0.25) is 0 Å². The lowest BCUT2D eigenvalue weighted by molar-refractivity contribution is -0.138. The van der Waals surface area contributed by atoms with Crippen LogP contribution < -0.4 is 0 Å². The van der Waals surface area contributed by atoms with Crippen LogP contribution in [0.2, 0.25) is 5.02 Å². The minimum atomic E-state index is -0.721. The predicted octanol–water partition coefficient (Wildman–Crippen LogP) is 8.92. The number of carboxylic acid groups (broad SMARTS) is 1. The van der Waals surface area contributed by atoms with Crippen molar-refractivity contribution in [3.63, 3.8) is 0 Å². The Morgan fingerprint density at radius 1 is 1.02 bits per heavy atom. The number of ketones is 1. The van der Waals surface area contributed by atoms with Crippen molar-refractivity contribution in [2.45, 2.75) is 44.3 Å². The molecule has 1 atom stereocenters. The van der Waals surface area contributed by atoms with Crippen LogP contribution in [0.4, 0.5) is 0 Å². The molecule has 1 aliphatic carbocycles. The molecule has 4 nitrogen and oxygen atoms in total. The van der Waals surface area contributed by atoms with Gasteiger partial charge in [0.05, 0.1) is 17.6 Å². The zero-order chi connectivity index (χ0) is 28.1. The molecule has 0 bridgehead atoms. The molecule has 5 rings (SSSR count). The van der Waals surface area contributed by atoms with Crippen molar-refractivity contribution in [3.8, 4) is 0 Å². The molecule has 6 heteroatoms. The van der Waals surface area contributed by atoms with E-state index < -0.39 is 5.97 Å². The number of thioether (sulfide) groups is 1. The maximum atomic E-state index is 12.2. The van der Waals surface area contributed by atoms with Crippen LogP contribution in [0, 0.1) is 5.41 Å². The molecule has 1 fully saturated rings. The third-order valence-electron chi connectivity index (χ3n) is 7.55. The Bertz CT molecular complexity index is 1580. The fourth-order valence-electron chi connectivity index (χ4n) is 5.11. The maximum absolute atomic E-state index is 12.2. The fourth-order valence-corrected chi connectivity index (χ4v) is 6.84. The number of Topliss-reactive ketones (excluding diaryl/α,β-unsaturated/α-hetero) is 1. The van der Waals surface area contributed by atoms with Gasteiger partial charge in [-0.3, -0.25) is 9.59 Å². The van der Waals surface area contributed by atoms with Crippen LogP contribution in [-0.2, 0) is 11.2 Å². The average Bonchev–Trinajstić information content (AvgIpc) is 3.70. The number of carbonyl (C=O) groups excluding carboxylic acids is 1. The van der Waals surface area contributed by atoms with Gasteiger partial charge in [-0.1, -0.05) is 78.3 Å². The molecule has 1 heterocycles. The highest BCUT2D eigenvalue weighted by molar-refractivity contribution is 7.99. The molecule has 4 aromatic rings. The molecular formula is C34H32ClNO3S. The minimum Gasteiger partial charge on any atom is -0.481 e. The number of fused-ring (bicyclic) bond motifs is 1. The van der Waals surface area contributed by atoms with Crippen LogP contribution in [0.15, 0.2) is 78.9 Å². The average molecular weight is 570 g/mol. The normalized spacial score (nSPS) is 14.8. The number of aromatic nitrogens is 1. The first-order chi connectivity index (χ1) is 19.3. The monoisotopic (exact) mass is 569 g/mol. The molecule has 0 radical (unpaired) electrons. The topological polar surface area (TPSA) is 67.3 Å². The lowest BCUT2D eigenvalue weighted by atomic mass is 9.97. The summed E-state index contributed by atoms with van der Waals surface area (Å²) in [6.07, 6.45) is 7.89. The number of hydrogen-bond acceptors (Lipinski definition) is 4. The Balaban J connectivity index is 1.36. The van der Waals surface area contributed by atoms with Gasteiger partial charge in [-0.2, -0.15) is 11.8 Å². The van der Waals surface area contributed by atoms with Gasteiger partial charge in [0.15, 0.2) is 5.78 Å². The van der Waals surface area contributed by atoms with E-state index in [1.54, 1.807) is 6.92 Å². The summed E-state index contributed by atoms with van der Waals surface area (Å²) in [5, 5.41) is 11.3. The Morgan fingerprint density at radius 3 is 2.60 bits per heavy atom. The van der Waals surface area contributed by atoms with E-state index in [0.717, 1.165) is 64.7 Å². The number of carbonyl (C=O) groups is 2. The molecule has 204 valence electrons. The van der Waals surface area contributed by atoms with Crippen molar-refractivity contribution in [2.75, 3.05) is 5.75 Å². The molecule has 0 aliphatic heterocycles. The summed E-state index contributed by atoms with van der Waals surface area (Å²) in [6.45, 7) is 1.61. The van der Waals surface area contributed by atoms with Gasteiger partial charge < -0.3 is 5.11 Å². The van der Waals surface area contributed by atoms with Crippen molar-refractivity contribution in [1.82, 2.24) is 4.98 Å². The van der Waals surface area contributed by atoms with Crippen molar-refractivity contribution < 1.29 is 14.7 Å². The molecule has 0 amide bonds. The third-order valence-corrected chi connectivity index (χ3v) is 9.48. The number of benzene rings is 3. The molecule has 3 aromatic carbocycles. The fraction of sp³-hybridized carbons (Fsp3) is 0.265. The lowest BCUT2D eigenvalue weighted by Gasteiger charge is -2.21. The number of rotatable bonds is 12. The maximum Gasteiger partial charge on any atom is 0.303 e. The second-order valence-corrected chi connectivity index (χ2v) is 12.3. The number of aliphatic carboxylic acids is 1. The van der Waals surface area contributed by atoms with Gasteiger partial charge in [-0.05, 0) is 79.0 Å². The van der Waals surface area contributed by atoms with Crippen molar-refractivity contribution >= 4 is 58.2 Å². The summed E-state index contributed by atoms with van der Waals surface area (Å²) >= 11 is 8.00. The number of aryl methyl sites for hydroxylation is 1. The minimum absolute atomic E-state index is 0.0786. The first kappa shape index (κ1) is 28.1. The number of pyridine rings is 1. The van der Waals surface area contributed by atoms with Gasteiger partial charge >= 0.3 is 5.97 Å². The van der Waals surface area contributed by atoms with Gasteiger partial charge in [0.1, 0.15) is 0 Å². The highest BCUT2D eigenvalue weighted by Crippen LogP contribution is 2.53. The number of nitrogens with zero attached hydrogens (tertiary/aromatic N) is 1. The smallest absolute Gasteiger partial charge is 0.303 e. The van der Waals surface area contributed by atoms with Crippen LogP contribution in [0.1, 0.15) is 70.6 Å². The lowest BCUT2D eigenvalue weighted by Crippen LogP contribution is -2.12. The van der Waals surface area contributed by atoms with Gasteiger partial charge in [-0.15, -0.1) is 0 Å². The molecule has 0 spiro atoms. The van der Waals surface area contributed by atoms with Gasteiger partial charge in [0, 0.05) is 27.0 Å². The van der Waals surface area contributed by atoms with E-state index in [1.807, 2.05) is 72.4 Å². The first-order valence-corrected chi connectivity index (χ1v) is 15.0. The molecule has 1 aromatic heterocycles. The first-order valence-electron chi connectivity index (χ1n) is 13.6. The molecule has 1 N–H and O–H groups in total. The Labute approximate surface area is 244 Å². The van der Waals surface area contributed by atoms with Crippen LogP contribution in [0.3, 0.4) is 0 Å². The van der Waals surface area contributed by atoms with Crippen molar-refractivity contribution in [2.24, 2.45) is 5.41 Å². The summed E-state index contributed by atoms with van der Waals surface area (Å²) in [5.74, 6) is 0.179. The van der Waals surface area contributed by atoms with E-state index in [0.29, 0.717) is 5.02 Å². The highest BCUT2D eigenvalue weighted by atomic mass is 35.5. The summed E-state index contributed by atoms with van der Waals surface area (Å²) < 4.78 is 0. The largest absolute Gasteiger partial charge is 0.481 e. The number of hydrogen-bond donors (Lipinski definition) is 1. The SMILES string of the molecule is CC(=O)c1ccccc1CC[C@H](SCC1(CC(=O)O)CC1)c1cccc(/C=C/c2ccc3ccc(Cl)cc3n2)c1. The van der Waals surface area contributed by atoms with E-state index in [1.165, 1.54) is 5.56 Å². The Kier molecular flexibility index (Phi) is 8.72. The van der Waals surface area contributed by atoms with E-state index in [4.69, 9.17) is 16.6 Å². The quantitative estimate of drug-likeness (QED) is 0.172. The van der Waals surface area contributed by atoms with Crippen LogP contribution >= 0.6 is 23.4 Å². The standard InChI is InChI=1S/C34H32ClNO3S/c1-23(37)30-8-3-2-6-25(30)12-16-32(40-22-34(17-18-34)21-33(38)39)27-7-4-5-24(19-27)9-14-29-15-11-26-10-13-28(35)20-31(26)36-29/h2-11,13-15,19-20,32H,12,16-18,21-22H2,1H3,(H,38,39)/b14-9+/t32-/m0/s1. The van der Waals surface area contributed by atoms with Crippen LogP contribution in [-0.4, -0.2) is 27.6 Å². The van der Waals surface area contributed by atoms with E-state index in [2.05, 4.69) is 30.3 Å². The summed E-state index contributed by atoms with van der Waals surface area (Å²) in [7, 11) is 0. The van der Waals surface area contributed by atoms with Crippen molar-refractivity contribution in [1.29, 1.82) is 0 Å². The second-order valence-electron chi connectivity index (χ2n) is 10.7. The molecule has 40 heavy (non-hydrogen) atoms. The third kappa shape index (κ3) is 7.21. The van der Waals surface area contributed by atoms with Crippen molar-refractivity contribution in [3.05, 3.63) is 112 Å². The molecule has 1 saturated carbocycles. The van der Waals surface area contributed by atoms with E-state index in [9.17, 15) is 14.7 Å². The number of carboxylic acids is 1. The summed E-state index contributed by atoms with van der Waals surface area (Å²) in [5.41, 5.74) is 5.75. The highest BCUT2D eigenvalue weighted by Gasteiger charge is 2.44. The molecule has 1 aliphatic rings. The summed E-state index contributed by atoms with van der Waals surface area (Å²) in [6, 6.07) is 26.1. The Morgan fingerprint density at radius 2 is 1.82 bits per heavy atom. The Hall–Kier alpha value is -3.41. The number of halogens is 1. The van der Waals surface area contributed by atoms with E-state index >= 15 is 0 Å². The molecule has 0 saturated heterocycles. The van der Waals surface area contributed by atoms with Gasteiger partial charge in [-0.25, -0.2) is 4.98 Å². The predicted molar refractivity (Wildman–Crippen MR) is 166 cm³/mol. The van der Waals surface area contributed by atoms with Crippen LogP contribution in [0.25, 0.3) is 23.1 Å². The van der Waals surface area contributed by atoms with Gasteiger partial charge in [0.25, 0.3) is 0 Å². The summed E-state index contributed by atoms with van der Waals surface area (Å²) in [4.78, 5) is 28.4. The molecule has 0 unspecified atom stereocenters. The second kappa shape index (κ2) is 12.4. The zero-order valence-electron chi connectivity index (χ0n) is 22.5.